The molecular weight excluding hydrogens is 936 g/mol. The van der Waals surface area contributed by atoms with Gasteiger partial charge in [-0.1, -0.05) is 5.11 Å². The van der Waals surface area contributed by atoms with Gasteiger partial charge in [0.2, 0.25) is 5.91 Å². The second-order valence-electron chi connectivity index (χ2n) is 12.2. The molecule has 0 aliphatic carbocycles. The van der Waals surface area contributed by atoms with Crippen LogP contribution in [0.25, 0.3) is 10.4 Å². The molecule has 28 nitrogen and oxygen atoms in total. The molecule has 36 heteroatoms. The number of ether oxygens (including phenoxy) is 7. The molecule has 0 spiro atoms. The van der Waals surface area contributed by atoms with E-state index in [1.54, 1.807) is 4.98 Å². The first-order valence-electron chi connectivity index (χ1n) is 16.6. The summed E-state index contributed by atoms with van der Waals surface area (Å²) < 4.78 is 153. The van der Waals surface area contributed by atoms with Crippen molar-refractivity contribution in [3.05, 3.63) is 43.5 Å². The Bertz CT molecular complexity index is 2180. The quantitative estimate of drug-likeness (QED) is 0.0293. The molecule has 2 fully saturated rings. The third kappa shape index (κ3) is 15.1. The van der Waals surface area contributed by atoms with Crippen molar-refractivity contribution in [1.82, 2.24) is 14.9 Å². The molecule has 63 heavy (non-hydrogen) atoms. The average molecular weight is 966 g/mol. The summed E-state index contributed by atoms with van der Waals surface area (Å²) in [5, 5.41) is 4.98. The predicted octanol–water partition coefficient (Wildman–Crippen LogP) is -0.421. The number of esters is 5. The Morgan fingerprint density at radius 2 is 1.38 bits per heavy atom. The minimum Gasteiger partial charge on any atom is -0.463 e. The lowest BCUT2D eigenvalue weighted by Gasteiger charge is -2.44. The Hall–Kier alpha value is -5.43. The smallest absolute Gasteiger partial charge is 0.463 e. The SMILES string of the molecule is CC(=O)OCC1O[C@H](OP(=O)(O)OP(=O)(O)OC[C@H]2O[C@@H](n3ccc(=O)[nH]c3=O)C(OC(=O)C(F)(F)F)[C@H]2OC(=O)C(F)(F)F)C(NC(=O)CN=[N+]=[N-])[C@@H](OC(C)=O)[C@H]1OC(C)=O. The van der Waals surface area contributed by atoms with Crippen molar-refractivity contribution >= 4 is 51.4 Å². The largest absolute Gasteiger partial charge is 0.490 e. The van der Waals surface area contributed by atoms with Crippen molar-refractivity contribution in [3.63, 3.8) is 0 Å². The number of aromatic nitrogens is 2. The van der Waals surface area contributed by atoms with Crippen molar-refractivity contribution in [2.75, 3.05) is 19.8 Å². The number of nitrogens with one attached hydrogen (secondary N) is 2. The van der Waals surface area contributed by atoms with Crippen molar-refractivity contribution < 1.29 is 121 Å². The van der Waals surface area contributed by atoms with Gasteiger partial charge in [0.25, 0.3) is 5.56 Å². The van der Waals surface area contributed by atoms with Crippen molar-refractivity contribution in [3.8, 4) is 0 Å². The van der Waals surface area contributed by atoms with Crippen LogP contribution in [0.1, 0.15) is 27.0 Å². The zero-order chi connectivity index (χ0) is 47.8. The first-order chi connectivity index (χ1) is 28.9. The molecule has 11 atom stereocenters. The van der Waals surface area contributed by atoms with Gasteiger partial charge in [-0.2, -0.15) is 30.7 Å². The van der Waals surface area contributed by atoms with Gasteiger partial charge in [0.15, 0.2) is 36.9 Å². The Labute approximate surface area is 343 Å². The number of phosphoric acid groups is 2. The summed E-state index contributed by atoms with van der Waals surface area (Å²) in [7, 11) is -12.6. The average Bonchev–Trinajstić information content (AvgIpc) is 3.45. The highest BCUT2D eigenvalue weighted by Crippen LogP contribution is 2.61. The molecule has 2 saturated heterocycles. The molecule has 2 aliphatic heterocycles. The molecule has 5 unspecified atom stereocenters. The summed E-state index contributed by atoms with van der Waals surface area (Å²) in [6.45, 7) is -1.31. The standard InChI is InChI=1S/C27H30F6N6O22P2/c1-9(40)52-7-12-17(54-10(2)41)19(55-11(3)42)16(36-15(44)6-35-38-34)22(57-12)60-63(50,51)61-62(48,49)53-8-13-18(58-23(45)26(28,29)30)20(59-24(46)27(31,32)33)21(56-13)39-5-4-14(43)37-25(39)47/h4-5,12-13,16-22H,6-8H2,1-3H3,(H,36,44)(H,48,49)(H,50,51)(H,37,43,47)/t12?,13-,16?,17+,18+,19-,20?,21-,22-/m1/s1. The molecule has 0 radical (unpaired) electrons. The minimum atomic E-state index is -6.30. The number of phosphoric ester groups is 2. The molecule has 0 saturated carbocycles. The van der Waals surface area contributed by atoms with Gasteiger partial charge in [-0.3, -0.25) is 42.6 Å². The summed E-state index contributed by atoms with van der Waals surface area (Å²) in [4.78, 5) is 121. The van der Waals surface area contributed by atoms with Gasteiger partial charge in [-0.25, -0.2) is 23.5 Å². The van der Waals surface area contributed by atoms with Gasteiger partial charge < -0.3 is 48.3 Å². The van der Waals surface area contributed by atoms with Crippen LogP contribution in [0.5, 0.6) is 0 Å². The van der Waals surface area contributed by atoms with E-state index in [-0.39, 0.29) is 4.57 Å². The first-order valence-corrected chi connectivity index (χ1v) is 19.6. The van der Waals surface area contributed by atoms with Gasteiger partial charge in [-0.05, 0) is 5.53 Å². The molecule has 1 aromatic heterocycles. The Morgan fingerprint density at radius 3 is 1.90 bits per heavy atom. The van der Waals surface area contributed by atoms with Crippen LogP contribution >= 0.6 is 15.6 Å². The lowest BCUT2D eigenvalue weighted by Crippen LogP contribution is -2.66. The van der Waals surface area contributed by atoms with Crippen molar-refractivity contribution in [2.45, 2.75) is 88.3 Å². The summed E-state index contributed by atoms with van der Waals surface area (Å²) in [6, 6.07) is -1.64. The lowest BCUT2D eigenvalue weighted by molar-refractivity contribution is -0.259. The van der Waals surface area contributed by atoms with Gasteiger partial charge in [0, 0.05) is 37.9 Å². The molecule has 3 rings (SSSR count). The van der Waals surface area contributed by atoms with E-state index in [4.69, 9.17) is 33.7 Å². The van der Waals surface area contributed by atoms with E-state index in [9.17, 15) is 83.6 Å². The third-order valence-electron chi connectivity index (χ3n) is 7.51. The zero-order valence-electron chi connectivity index (χ0n) is 31.5. The van der Waals surface area contributed by atoms with E-state index in [0.29, 0.717) is 12.3 Å². The molecule has 1 aromatic rings. The highest BCUT2D eigenvalue weighted by atomic mass is 31.3. The van der Waals surface area contributed by atoms with Crippen LogP contribution in [0.3, 0.4) is 0 Å². The van der Waals surface area contributed by atoms with Crippen molar-refractivity contribution in [1.29, 1.82) is 0 Å². The Kier molecular flexibility index (Phi) is 17.2. The molecule has 3 heterocycles. The molecule has 1 amide bonds. The lowest BCUT2D eigenvalue weighted by atomic mass is 9.96. The Morgan fingerprint density at radius 1 is 0.841 bits per heavy atom. The number of hydrogen-bond donors (Lipinski definition) is 4. The number of H-pyrrole nitrogens is 1. The number of amides is 1. The van der Waals surface area contributed by atoms with Gasteiger partial charge in [0.05, 0.1) is 6.61 Å². The molecular formula is C27H30F6N6O22P2. The monoisotopic (exact) mass is 966 g/mol. The van der Waals surface area contributed by atoms with Crippen LogP contribution in [-0.4, -0.2) is 136 Å². The number of azide groups is 1. The van der Waals surface area contributed by atoms with E-state index < -0.39 is 150 Å². The van der Waals surface area contributed by atoms with E-state index in [2.05, 4.69) is 28.3 Å². The zero-order valence-corrected chi connectivity index (χ0v) is 33.3. The fraction of sp³-hybridized carbons (Fsp3) is 0.630. The van der Waals surface area contributed by atoms with E-state index in [0.717, 1.165) is 20.8 Å². The highest BCUT2D eigenvalue weighted by molar-refractivity contribution is 7.61. The second-order valence-corrected chi connectivity index (χ2v) is 15.2. The van der Waals surface area contributed by atoms with E-state index in [1.807, 2.05) is 5.32 Å². The normalized spacial score (nSPS) is 26.7. The van der Waals surface area contributed by atoms with Crippen LogP contribution < -0.4 is 16.6 Å². The molecule has 352 valence electrons. The van der Waals surface area contributed by atoms with E-state index in [1.165, 1.54) is 0 Å². The first kappa shape index (κ1) is 51.9. The maximum atomic E-state index is 13.3. The van der Waals surface area contributed by atoms with Gasteiger partial charge in [-0.15, -0.1) is 0 Å². The van der Waals surface area contributed by atoms with Gasteiger partial charge in [0.1, 0.15) is 31.4 Å². The number of carbonyl (C=O) groups is 6. The summed E-state index contributed by atoms with van der Waals surface area (Å²) in [5.74, 6) is -11.0. The van der Waals surface area contributed by atoms with Crippen LogP contribution in [0.4, 0.5) is 26.3 Å². The second kappa shape index (κ2) is 20.8. The summed E-state index contributed by atoms with van der Waals surface area (Å²) >= 11 is 0. The maximum absolute atomic E-state index is 13.3. The molecule has 2 aliphatic rings. The molecule has 4 N–H and O–H groups in total. The molecule has 0 aromatic carbocycles. The number of carbonyl (C=O) groups excluding carboxylic acids is 6. The highest BCUT2D eigenvalue weighted by Gasteiger charge is 2.58. The number of alkyl halides is 6. The minimum absolute atomic E-state index is 0.116. The van der Waals surface area contributed by atoms with Crippen LogP contribution in [0.2, 0.25) is 0 Å². The topological polar surface area (TPSA) is 385 Å². The Balaban J connectivity index is 2.01. The summed E-state index contributed by atoms with van der Waals surface area (Å²) in [6.07, 6.45) is -30.8. The molecule has 0 bridgehead atoms. The van der Waals surface area contributed by atoms with E-state index >= 15 is 0 Å². The van der Waals surface area contributed by atoms with Crippen LogP contribution in [-0.2, 0) is 84.4 Å². The third-order valence-corrected chi connectivity index (χ3v) is 10.1. The number of hydrogen-bond acceptors (Lipinski definition) is 21. The number of nitrogens with zero attached hydrogens (tertiary/aromatic N) is 4. The fourth-order valence-corrected chi connectivity index (χ4v) is 7.45. The number of halogens is 6. The summed E-state index contributed by atoms with van der Waals surface area (Å²) in [5.41, 5.74) is 5.86. The predicted molar refractivity (Wildman–Crippen MR) is 177 cm³/mol. The maximum Gasteiger partial charge on any atom is 0.490 e. The fourth-order valence-electron chi connectivity index (χ4n) is 5.29. The van der Waals surface area contributed by atoms with Gasteiger partial charge >= 0.3 is 63.5 Å². The number of rotatable bonds is 17. The van der Waals surface area contributed by atoms with Crippen LogP contribution in [0.15, 0.2) is 27.0 Å². The number of aromatic amines is 1. The van der Waals surface area contributed by atoms with Crippen LogP contribution in [0, 0.1) is 0 Å². The van der Waals surface area contributed by atoms with Crippen molar-refractivity contribution in [2.24, 2.45) is 5.11 Å².